The third kappa shape index (κ3) is 4.34. The molecule has 2 aromatic heterocycles. The predicted octanol–water partition coefficient (Wildman–Crippen LogP) is 3.46. The van der Waals surface area contributed by atoms with Crippen molar-refractivity contribution in [1.29, 1.82) is 0 Å². The summed E-state index contributed by atoms with van der Waals surface area (Å²) in [6.45, 7) is 1.78. The number of thiazole rings is 1. The van der Waals surface area contributed by atoms with Crippen LogP contribution in [0.4, 0.5) is 18.3 Å². The van der Waals surface area contributed by atoms with Crippen LogP contribution < -0.4 is 5.32 Å². The van der Waals surface area contributed by atoms with Crippen molar-refractivity contribution < 1.29 is 30.9 Å². The van der Waals surface area contributed by atoms with E-state index in [4.69, 9.17) is 4.52 Å². The zero-order chi connectivity index (χ0) is 22.4. The topological polar surface area (TPSA) is 105 Å². The largest absolute Gasteiger partial charge is 0.416 e. The van der Waals surface area contributed by atoms with Gasteiger partial charge in [0.15, 0.2) is 10.8 Å². The number of anilines is 1. The summed E-state index contributed by atoms with van der Waals surface area (Å²) in [6.07, 6.45) is -4.24. The summed E-state index contributed by atoms with van der Waals surface area (Å²) < 4.78 is 70.0. The van der Waals surface area contributed by atoms with Gasteiger partial charge in [0.25, 0.3) is 5.91 Å². The van der Waals surface area contributed by atoms with Crippen LogP contribution in [0.5, 0.6) is 0 Å². The molecule has 1 aliphatic heterocycles. The molecule has 3 aromatic rings. The van der Waals surface area contributed by atoms with E-state index in [-0.39, 0.29) is 23.7 Å². The molecule has 0 bridgehead atoms. The molecule has 0 saturated carbocycles. The van der Waals surface area contributed by atoms with Crippen molar-refractivity contribution in [2.75, 3.05) is 11.9 Å². The van der Waals surface area contributed by atoms with Gasteiger partial charge in [0, 0.05) is 23.9 Å². The van der Waals surface area contributed by atoms with E-state index >= 15 is 0 Å². The van der Waals surface area contributed by atoms with Gasteiger partial charge in [0.1, 0.15) is 5.76 Å². The number of aryl methyl sites for hydroxylation is 1. The first-order valence-electron chi connectivity index (χ1n) is 8.95. The van der Waals surface area contributed by atoms with Crippen molar-refractivity contribution in [2.45, 2.75) is 31.0 Å². The first-order chi connectivity index (χ1) is 14.5. The van der Waals surface area contributed by atoms with Gasteiger partial charge >= 0.3 is 6.18 Å². The average Bonchev–Trinajstić information content (AvgIpc) is 3.32. The lowest BCUT2D eigenvalue weighted by atomic mass is 10.2. The molecule has 0 unspecified atom stereocenters. The maximum Gasteiger partial charge on any atom is 0.416 e. The van der Waals surface area contributed by atoms with Crippen molar-refractivity contribution in [3.8, 4) is 0 Å². The van der Waals surface area contributed by atoms with Gasteiger partial charge in [0.2, 0.25) is 10.0 Å². The summed E-state index contributed by atoms with van der Waals surface area (Å²) in [6, 6.07) is 4.86. The number of alkyl halides is 3. The highest BCUT2D eigenvalue weighted by Crippen LogP contribution is 2.33. The first-order valence-corrected chi connectivity index (χ1v) is 11.2. The Balaban J connectivity index is 1.50. The maximum atomic E-state index is 12.9. The van der Waals surface area contributed by atoms with Crippen LogP contribution in [0.25, 0.3) is 0 Å². The number of nitrogens with zero attached hydrogens (tertiary/aromatic N) is 3. The fraction of sp³-hybridized carbons (Fsp3) is 0.278. The van der Waals surface area contributed by atoms with Gasteiger partial charge in [0.05, 0.1) is 22.7 Å². The number of hydrogen-bond donors (Lipinski definition) is 1. The van der Waals surface area contributed by atoms with E-state index in [1.54, 1.807) is 6.92 Å². The minimum Gasteiger partial charge on any atom is -0.361 e. The number of hydrogen-bond acceptors (Lipinski definition) is 7. The van der Waals surface area contributed by atoms with Crippen LogP contribution in [0.2, 0.25) is 0 Å². The lowest BCUT2D eigenvalue weighted by molar-refractivity contribution is -0.137. The van der Waals surface area contributed by atoms with Crippen molar-refractivity contribution in [3.63, 3.8) is 0 Å². The Hall–Kier alpha value is -2.77. The summed E-state index contributed by atoms with van der Waals surface area (Å²) in [5.41, 5.74) is -0.162. The Morgan fingerprint density at radius 2 is 1.97 bits per heavy atom. The minimum atomic E-state index is -4.55. The van der Waals surface area contributed by atoms with E-state index in [1.165, 1.54) is 10.4 Å². The molecule has 0 aliphatic carbocycles. The fourth-order valence-electron chi connectivity index (χ4n) is 3.03. The second kappa shape index (κ2) is 7.73. The van der Waals surface area contributed by atoms with Crippen molar-refractivity contribution in [1.82, 2.24) is 14.4 Å². The predicted molar refractivity (Wildman–Crippen MR) is 104 cm³/mol. The quantitative estimate of drug-likeness (QED) is 0.624. The monoisotopic (exact) mass is 472 g/mol. The molecule has 0 radical (unpaired) electrons. The van der Waals surface area contributed by atoms with Crippen LogP contribution in [0.15, 0.2) is 39.8 Å². The highest BCUT2D eigenvalue weighted by Gasteiger charge is 2.33. The lowest BCUT2D eigenvalue weighted by Crippen LogP contribution is -2.35. The van der Waals surface area contributed by atoms with Gasteiger partial charge in [-0.15, -0.1) is 11.3 Å². The number of carbonyl (C=O) groups is 1. The van der Waals surface area contributed by atoms with E-state index in [2.05, 4.69) is 15.5 Å². The van der Waals surface area contributed by atoms with Gasteiger partial charge in [-0.2, -0.15) is 17.5 Å². The molecular formula is C18H15F3N4O4S2. The smallest absolute Gasteiger partial charge is 0.361 e. The molecule has 3 heterocycles. The molecule has 1 aliphatic rings. The second-order valence-electron chi connectivity index (χ2n) is 6.78. The maximum absolute atomic E-state index is 12.9. The Morgan fingerprint density at radius 1 is 1.26 bits per heavy atom. The number of sulfonamides is 1. The number of rotatable bonds is 4. The summed E-state index contributed by atoms with van der Waals surface area (Å²) in [5, 5.41) is 6.53. The van der Waals surface area contributed by atoms with Gasteiger partial charge in [-0.3, -0.25) is 10.1 Å². The zero-order valence-corrected chi connectivity index (χ0v) is 17.6. The number of nitrogens with one attached hydrogen (secondary N) is 1. The van der Waals surface area contributed by atoms with Crippen molar-refractivity contribution in [2.24, 2.45) is 0 Å². The molecule has 0 spiro atoms. The fourth-order valence-corrected chi connectivity index (χ4v) is 5.54. The summed E-state index contributed by atoms with van der Waals surface area (Å²) in [5.74, 6) is -0.0233. The summed E-state index contributed by atoms with van der Waals surface area (Å²) in [4.78, 5) is 17.0. The summed E-state index contributed by atoms with van der Waals surface area (Å²) in [7, 11) is -3.99. The van der Waals surface area contributed by atoms with E-state index in [9.17, 15) is 26.4 Å². The number of fused-ring (bicyclic) bond motifs is 1. The Morgan fingerprint density at radius 3 is 2.58 bits per heavy atom. The molecular weight excluding hydrogens is 457 g/mol. The Kier molecular flexibility index (Phi) is 5.35. The molecule has 1 aromatic carbocycles. The second-order valence-corrected chi connectivity index (χ2v) is 9.80. The van der Waals surface area contributed by atoms with Crippen LogP contribution in [-0.4, -0.2) is 35.3 Å². The molecule has 1 amide bonds. The van der Waals surface area contributed by atoms with E-state index in [0.717, 1.165) is 35.6 Å². The molecule has 4 rings (SSSR count). The minimum absolute atomic E-state index is 0.00922. The number of halogens is 3. The van der Waals surface area contributed by atoms with Gasteiger partial charge in [-0.25, -0.2) is 13.4 Å². The zero-order valence-electron chi connectivity index (χ0n) is 15.9. The SMILES string of the molecule is Cc1cc(C(=O)Nc2nc3c(s2)CN(S(=O)(=O)c2ccc(C(F)(F)F)cc2)CC3)no1. The van der Waals surface area contributed by atoms with Crippen molar-refractivity contribution in [3.05, 3.63) is 57.9 Å². The van der Waals surface area contributed by atoms with E-state index < -0.39 is 27.7 Å². The molecule has 164 valence electrons. The third-order valence-corrected chi connectivity index (χ3v) is 7.45. The summed E-state index contributed by atoms with van der Waals surface area (Å²) >= 11 is 1.13. The number of aromatic nitrogens is 2. The van der Waals surface area contributed by atoms with E-state index in [1.807, 2.05) is 0 Å². The van der Waals surface area contributed by atoms with Crippen molar-refractivity contribution >= 4 is 32.4 Å². The van der Waals surface area contributed by atoms with Crippen LogP contribution in [-0.2, 0) is 29.2 Å². The van der Waals surface area contributed by atoms with Gasteiger partial charge in [-0.05, 0) is 31.2 Å². The number of amides is 1. The van der Waals surface area contributed by atoms with E-state index in [0.29, 0.717) is 27.9 Å². The molecule has 0 fully saturated rings. The van der Waals surface area contributed by atoms with Crippen LogP contribution in [0.1, 0.15) is 32.4 Å². The van der Waals surface area contributed by atoms with Crippen LogP contribution in [0, 0.1) is 6.92 Å². The average molecular weight is 472 g/mol. The van der Waals surface area contributed by atoms with Gasteiger partial charge in [-0.1, -0.05) is 5.16 Å². The Bertz CT molecular complexity index is 1230. The number of benzene rings is 1. The first kappa shape index (κ1) is 21.5. The molecule has 13 heteroatoms. The Labute approximate surface area is 178 Å². The lowest BCUT2D eigenvalue weighted by Gasteiger charge is -2.25. The molecule has 31 heavy (non-hydrogen) atoms. The molecule has 1 N–H and O–H groups in total. The highest BCUT2D eigenvalue weighted by atomic mass is 32.2. The van der Waals surface area contributed by atoms with Crippen LogP contribution >= 0.6 is 11.3 Å². The van der Waals surface area contributed by atoms with Crippen LogP contribution in [0.3, 0.4) is 0 Å². The molecule has 0 saturated heterocycles. The standard InChI is InChI=1S/C18H15F3N4O4S2/c1-10-8-14(24-29-10)16(26)23-17-22-13-6-7-25(9-15(13)30-17)31(27,28)12-4-2-11(3-5-12)18(19,20)21/h2-5,8H,6-7,9H2,1H3,(H,22,23,26). The van der Waals surface area contributed by atoms with Gasteiger partial charge < -0.3 is 4.52 Å². The third-order valence-electron chi connectivity index (χ3n) is 4.60. The number of carbonyl (C=O) groups excluding carboxylic acids is 1. The molecule has 8 nitrogen and oxygen atoms in total. The normalized spacial score (nSPS) is 15.0. The molecule has 0 atom stereocenters. The highest BCUT2D eigenvalue weighted by molar-refractivity contribution is 7.89.